The van der Waals surface area contributed by atoms with Crippen molar-refractivity contribution < 1.29 is 34.4 Å². The predicted octanol–water partition coefficient (Wildman–Crippen LogP) is 2.23. The average Bonchev–Trinajstić information content (AvgIpc) is 3.45. The van der Waals surface area contributed by atoms with Gasteiger partial charge in [-0.25, -0.2) is 0 Å². The van der Waals surface area contributed by atoms with Gasteiger partial charge in [-0.15, -0.1) is 0 Å². The number of nitrogens with zero attached hydrogens (tertiary/aromatic N) is 1. The molecule has 4 fully saturated rings. The van der Waals surface area contributed by atoms with Gasteiger partial charge in [0.25, 0.3) is 0 Å². The van der Waals surface area contributed by atoms with E-state index in [2.05, 4.69) is 20.8 Å². The summed E-state index contributed by atoms with van der Waals surface area (Å²) in [6, 6.07) is -0.114. The Morgan fingerprint density at radius 1 is 1.19 bits per heavy atom. The van der Waals surface area contributed by atoms with Gasteiger partial charge in [-0.2, -0.15) is 0 Å². The van der Waals surface area contributed by atoms with Crippen molar-refractivity contribution in [3.63, 3.8) is 0 Å². The number of ether oxygens (including phenoxy) is 2. The van der Waals surface area contributed by atoms with Crippen LogP contribution in [0.25, 0.3) is 0 Å². The molecular weight excluding hydrogens is 474 g/mol. The van der Waals surface area contributed by atoms with E-state index in [0.29, 0.717) is 19.4 Å². The third-order valence-electron chi connectivity index (χ3n) is 11.3. The van der Waals surface area contributed by atoms with Gasteiger partial charge in [0.05, 0.1) is 23.9 Å². The Bertz CT molecular complexity index is 947. The molecule has 0 spiro atoms. The van der Waals surface area contributed by atoms with Gasteiger partial charge >= 0.3 is 0 Å². The first kappa shape index (κ1) is 27.3. The Kier molecular flexibility index (Phi) is 7.15. The number of rotatable bonds is 6. The molecule has 0 aromatic carbocycles. The molecule has 8 heteroatoms. The number of ketones is 1. The number of fused-ring (bicyclic) bond motifs is 5. The van der Waals surface area contributed by atoms with E-state index in [1.165, 1.54) is 7.11 Å². The fraction of sp³-hybridized carbons (Fsp3) is 0.862. The maximum Gasteiger partial charge on any atom is 0.248 e. The zero-order valence-corrected chi connectivity index (χ0v) is 22.8. The number of amides is 1. The van der Waals surface area contributed by atoms with E-state index in [4.69, 9.17) is 9.47 Å². The van der Waals surface area contributed by atoms with E-state index in [-0.39, 0.29) is 54.6 Å². The van der Waals surface area contributed by atoms with Gasteiger partial charge in [0.2, 0.25) is 5.91 Å². The van der Waals surface area contributed by atoms with Gasteiger partial charge in [-0.05, 0) is 87.2 Å². The van der Waals surface area contributed by atoms with Crippen LogP contribution in [0.1, 0.15) is 72.1 Å². The van der Waals surface area contributed by atoms with Crippen LogP contribution >= 0.6 is 0 Å². The van der Waals surface area contributed by atoms with Crippen molar-refractivity contribution in [1.82, 2.24) is 4.90 Å². The lowest BCUT2D eigenvalue weighted by atomic mass is 9.46. The Morgan fingerprint density at radius 2 is 1.95 bits per heavy atom. The summed E-state index contributed by atoms with van der Waals surface area (Å²) in [6.07, 6.45) is 5.44. The van der Waals surface area contributed by atoms with Crippen molar-refractivity contribution in [3.05, 3.63) is 11.6 Å². The van der Waals surface area contributed by atoms with E-state index < -0.39 is 28.6 Å². The van der Waals surface area contributed by atoms with Crippen LogP contribution in [-0.4, -0.2) is 88.7 Å². The van der Waals surface area contributed by atoms with Gasteiger partial charge in [0.15, 0.2) is 5.78 Å². The standard InChI is InChI=1S/C29H45NO7/c1-17(30(26(34)16-36-4)15-18-6-5-11-37-18)19-8-10-29(35)21-12-23(31)22-13-24(32)25(33)14-27(22,2)20(21)7-9-28(19,29)3/h12,17-20,22,24-25,32-33,35H,5-11,13-16H2,1-4H3/t17?,18?,19-,20?,22+,24-,25+,27-,28-,29-/m1/s1. The third-order valence-corrected chi connectivity index (χ3v) is 11.3. The summed E-state index contributed by atoms with van der Waals surface area (Å²) >= 11 is 0. The van der Waals surface area contributed by atoms with E-state index in [0.717, 1.165) is 44.3 Å². The minimum atomic E-state index is -1.14. The summed E-state index contributed by atoms with van der Waals surface area (Å²) in [7, 11) is 1.53. The van der Waals surface area contributed by atoms with Crippen LogP contribution in [0, 0.1) is 28.6 Å². The summed E-state index contributed by atoms with van der Waals surface area (Å²) < 4.78 is 11.1. The zero-order chi connectivity index (χ0) is 26.8. The number of aliphatic hydroxyl groups excluding tert-OH is 2. The number of allylic oxidation sites excluding steroid dienone is 1. The SMILES string of the molecule is COCC(=O)N(CC1CCCO1)C(C)[C@H]1CC[C@@]2(O)C3=CC(=O)[C@@H]4C[C@@H](O)[C@@H](O)C[C@]4(C)C3CC[C@]12C. The molecule has 1 heterocycles. The highest BCUT2D eigenvalue weighted by Gasteiger charge is 2.67. The van der Waals surface area contributed by atoms with E-state index >= 15 is 0 Å². The fourth-order valence-electron chi connectivity index (χ4n) is 9.11. The van der Waals surface area contributed by atoms with E-state index in [1.54, 1.807) is 6.08 Å². The molecule has 3 unspecified atom stereocenters. The van der Waals surface area contributed by atoms with Gasteiger partial charge < -0.3 is 29.7 Å². The molecule has 10 atom stereocenters. The lowest BCUT2D eigenvalue weighted by Gasteiger charge is -2.60. The Balaban J connectivity index is 1.45. The normalized spacial score (nSPS) is 46.0. The van der Waals surface area contributed by atoms with Crippen LogP contribution in [0.2, 0.25) is 0 Å². The van der Waals surface area contributed by atoms with Gasteiger partial charge in [-0.1, -0.05) is 13.8 Å². The van der Waals surface area contributed by atoms with Gasteiger partial charge in [0.1, 0.15) is 6.61 Å². The molecule has 3 N–H and O–H groups in total. The Hall–Kier alpha value is -1.32. The first-order chi connectivity index (χ1) is 17.5. The van der Waals surface area contributed by atoms with Crippen LogP contribution in [-0.2, 0) is 19.1 Å². The van der Waals surface area contributed by atoms with Crippen LogP contribution in [0.15, 0.2) is 11.6 Å². The third kappa shape index (κ3) is 4.13. The molecule has 5 rings (SSSR count). The van der Waals surface area contributed by atoms with Crippen molar-refractivity contribution in [1.29, 1.82) is 0 Å². The van der Waals surface area contributed by atoms with Crippen molar-refractivity contribution in [3.8, 4) is 0 Å². The molecule has 0 aromatic heterocycles. The number of carbonyl (C=O) groups is 2. The van der Waals surface area contributed by atoms with E-state index in [9.17, 15) is 24.9 Å². The van der Waals surface area contributed by atoms with Crippen molar-refractivity contribution in [2.75, 3.05) is 26.9 Å². The quantitative estimate of drug-likeness (QED) is 0.493. The molecule has 4 aliphatic carbocycles. The summed E-state index contributed by atoms with van der Waals surface area (Å²) in [5.74, 6) is -0.389. The lowest BCUT2D eigenvalue weighted by Crippen LogP contribution is -2.62. The average molecular weight is 520 g/mol. The molecule has 208 valence electrons. The maximum absolute atomic E-state index is 13.4. The minimum Gasteiger partial charge on any atom is -0.390 e. The first-order valence-corrected chi connectivity index (χ1v) is 14.2. The summed E-state index contributed by atoms with van der Waals surface area (Å²) in [5, 5.41) is 33.3. The maximum atomic E-state index is 13.4. The molecule has 1 aliphatic heterocycles. The highest BCUT2D eigenvalue weighted by atomic mass is 16.5. The second-order valence-corrected chi connectivity index (χ2v) is 13.0. The van der Waals surface area contributed by atoms with Crippen molar-refractivity contribution in [2.24, 2.45) is 28.6 Å². The highest BCUT2D eigenvalue weighted by molar-refractivity contribution is 5.95. The highest BCUT2D eigenvalue weighted by Crippen LogP contribution is 2.67. The van der Waals surface area contributed by atoms with Crippen LogP contribution in [0.4, 0.5) is 0 Å². The Morgan fingerprint density at radius 3 is 2.62 bits per heavy atom. The molecule has 37 heavy (non-hydrogen) atoms. The van der Waals surface area contributed by atoms with Crippen LogP contribution < -0.4 is 0 Å². The van der Waals surface area contributed by atoms with Crippen molar-refractivity contribution >= 4 is 11.7 Å². The molecule has 0 radical (unpaired) electrons. The largest absolute Gasteiger partial charge is 0.390 e. The molecule has 3 saturated carbocycles. The molecule has 5 aliphatic rings. The second kappa shape index (κ2) is 9.70. The molecule has 1 amide bonds. The smallest absolute Gasteiger partial charge is 0.248 e. The molecule has 0 bridgehead atoms. The summed E-state index contributed by atoms with van der Waals surface area (Å²) in [6.45, 7) is 7.56. The van der Waals surface area contributed by atoms with Crippen LogP contribution in [0.5, 0.6) is 0 Å². The van der Waals surface area contributed by atoms with E-state index in [1.807, 2.05) is 4.90 Å². The number of methoxy groups -OCH3 is 1. The van der Waals surface area contributed by atoms with Gasteiger partial charge in [0, 0.05) is 37.6 Å². The molecular formula is C29H45NO7. The molecule has 8 nitrogen and oxygen atoms in total. The monoisotopic (exact) mass is 519 g/mol. The topological polar surface area (TPSA) is 117 Å². The minimum absolute atomic E-state index is 0.0115. The Labute approximate surface area is 220 Å². The van der Waals surface area contributed by atoms with Crippen molar-refractivity contribution in [2.45, 2.75) is 102 Å². The fourth-order valence-corrected chi connectivity index (χ4v) is 9.11. The molecule has 0 aromatic rings. The number of hydrogen-bond acceptors (Lipinski definition) is 7. The first-order valence-electron chi connectivity index (χ1n) is 14.2. The summed E-state index contributed by atoms with van der Waals surface area (Å²) in [5.41, 5.74) is -1.30. The summed E-state index contributed by atoms with van der Waals surface area (Å²) in [4.78, 5) is 28.5. The molecule has 1 saturated heterocycles. The number of carbonyl (C=O) groups excluding carboxylic acids is 2. The second-order valence-electron chi connectivity index (χ2n) is 13.0. The van der Waals surface area contributed by atoms with Gasteiger partial charge in [-0.3, -0.25) is 9.59 Å². The lowest BCUT2D eigenvalue weighted by molar-refractivity contribution is -0.155. The predicted molar refractivity (Wildman–Crippen MR) is 136 cm³/mol. The van der Waals surface area contributed by atoms with Crippen LogP contribution in [0.3, 0.4) is 0 Å². The number of aliphatic hydroxyl groups is 3. The number of hydrogen-bond donors (Lipinski definition) is 3. The zero-order valence-electron chi connectivity index (χ0n) is 22.8.